The van der Waals surface area contributed by atoms with Gasteiger partial charge >= 0.3 is 0 Å². The molecule has 0 saturated heterocycles. The number of nitrogens with one attached hydrogen (secondary N) is 1. The Bertz CT molecular complexity index is 400. The normalized spacial score (nSPS) is 23.1. The maximum Gasteiger partial charge on any atom is 0.0605 e. The lowest BCUT2D eigenvalue weighted by Gasteiger charge is -2.26. The Morgan fingerprint density at radius 2 is 2.28 bits per heavy atom. The van der Waals surface area contributed by atoms with Gasteiger partial charge < -0.3 is 10.2 Å². The Morgan fingerprint density at radius 3 is 3.11 bits per heavy atom. The van der Waals surface area contributed by atoms with Crippen molar-refractivity contribution >= 4 is 0 Å². The van der Waals surface area contributed by atoms with E-state index in [2.05, 4.69) is 34.4 Å². The van der Waals surface area contributed by atoms with Gasteiger partial charge in [0.2, 0.25) is 0 Å². The number of pyridine rings is 1. The molecule has 2 aliphatic rings. The first-order valence-electron chi connectivity index (χ1n) is 7.22. The van der Waals surface area contributed by atoms with E-state index >= 15 is 0 Å². The van der Waals surface area contributed by atoms with Crippen LogP contribution in [0.1, 0.15) is 43.0 Å². The summed E-state index contributed by atoms with van der Waals surface area (Å²) in [5.41, 5.74) is 2.73. The molecule has 1 heterocycles. The Kier molecular flexibility index (Phi) is 3.62. The number of nitrogens with zero attached hydrogens (tertiary/aromatic N) is 2. The third-order valence-corrected chi connectivity index (χ3v) is 4.22. The lowest BCUT2D eigenvalue weighted by atomic mass is 9.92. The molecule has 98 valence electrons. The number of rotatable bonds is 5. The van der Waals surface area contributed by atoms with Crippen LogP contribution >= 0.6 is 0 Å². The second-order valence-corrected chi connectivity index (χ2v) is 5.66. The van der Waals surface area contributed by atoms with Crippen molar-refractivity contribution in [2.24, 2.45) is 0 Å². The predicted octanol–water partition coefficient (Wildman–Crippen LogP) is 2.14. The molecule has 0 amide bonds. The fourth-order valence-electron chi connectivity index (χ4n) is 2.92. The quantitative estimate of drug-likeness (QED) is 0.861. The summed E-state index contributed by atoms with van der Waals surface area (Å²) in [4.78, 5) is 7.05. The van der Waals surface area contributed by atoms with Crippen LogP contribution in [0.15, 0.2) is 18.3 Å². The summed E-state index contributed by atoms with van der Waals surface area (Å²) in [6, 6.07) is 5.63. The minimum Gasteiger partial charge on any atom is -0.307 e. The minimum absolute atomic E-state index is 0.475. The molecule has 2 aliphatic carbocycles. The molecule has 1 saturated carbocycles. The van der Waals surface area contributed by atoms with Gasteiger partial charge in [-0.25, -0.2) is 0 Å². The summed E-state index contributed by atoms with van der Waals surface area (Å²) in [6.07, 6.45) is 8.43. The van der Waals surface area contributed by atoms with Gasteiger partial charge in [0, 0.05) is 31.4 Å². The molecule has 3 rings (SSSR count). The largest absolute Gasteiger partial charge is 0.307 e. The molecular formula is C15H23N3. The molecule has 0 aliphatic heterocycles. The second kappa shape index (κ2) is 5.37. The summed E-state index contributed by atoms with van der Waals surface area (Å²) < 4.78 is 0. The second-order valence-electron chi connectivity index (χ2n) is 5.66. The van der Waals surface area contributed by atoms with Gasteiger partial charge in [0.05, 0.1) is 5.69 Å². The summed E-state index contributed by atoms with van der Waals surface area (Å²) in [7, 11) is 2.24. The van der Waals surface area contributed by atoms with Crippen LogP contribution in [-0.4, -0.2) is 36.1 Å². The zero-order chi connectivity index (χ0) is 12.4. The zero-order valence-corrected chi connectivity index (χ0v) is 11.2. The van der Waals surface area contributed by atoms with E-state index in [0.29, 0.717) is 6.04 Å². The first kappa shape index (κ1) is 12.1. The highest BCUT2D eigenvalue weighted by Crippen LogP contribution is 2.28. The van der Waals surface area contributed by atoms with Crippen LogP contribution in [0.25, 0.3) is 0 Å². The highest BCUT2D eigenvalue weighted by atomic mass is 15.2. The van der Waals surface area contributed by atoms with Gasteiger partial charge in [-0.15, -0.1) is 0 Å². The van der Waals surface area contributed by atoms with E-state index in [0.717, 1.165) is 19.1 Å². The third-order valence-electron chi connectivity index (χ3n) is 4.22. The van der Waals surface area contributed by atoms with Gasteiger partial charge in [-0.1, -0.05) is 6.07 Å². The van der Waals surface area contributed by atoms with Crippen LogP contribution in [0.5, 0.6) is 0 Å². The van der Waals surface area contributed by atoms with Gasteiger partial charge in [0.15, 0.2) is 0 Å². The maximum atomic E-state index is 4.57. The molecule has 18 heavy (non-hydrogen) atoms. The molecule has 1 aromatic rings. The van der Waals surface area contributed by atoms with Crippen molar-refractivity contribution in [3.8, 4) is 0 Å². The summed E-state index contributed by atoms with van der Waals surface area (Å²) >= 11 is 0. The molecular weight excluding hydrogens is 222 g/mol. The average molecular weight is 245 g/mol. The zero-order valence-electron chi connectivity index (χ0n) is 11.2. The average Bonchev–Trinajstić information content (AvgIpc) is 3.23. The molecule has 3 nitrogen and oxygen atoms in total. The number of likely N-dealkylation sites (N-methyl/N-ethyl adjacent to an activating group) is 1. The van der Waals surface area contributed by atoms with E-state index in [1.807, 2.05) is 6.20 Å². The number of aryl methyl sites for hydroxylation is 1. The molecule has 0 bridgehead atoms. The summed E-state index contributed by atoms with van der Waals surface area (Å²) in [5, 5.41) is 3.69. The molecule has 0 spiro atoms. The van der Waals surface area contributed by atoms with E-state index in [1.54, 1.807) is 0 Å². The van der Waals surface area contributed by atoms with Gasteiger partial charge in [0.1, 0.15) is 0 Å². The Morgan fingerprint density at radius 1 is 1.39 bits per heavy atom. The lowest BCUT2D eigenvalue weighted by Crippen LogP contribution is -2.34. The Balaban J connectivity index is 1.53. The number of hydrogen-bond acceptors (Lipinski definition) is 3. The van der Waals surface area contributed by atoms with Crippen molar-refractivity contribution in [3.63, 3.8) is 0 Å². The Hall–Kier alpha value is -0.930. The first-order chi connectivity index (χ1) is 8.84. The number of aromatic nitrogens is 1. The fraction of sp³-hybridized carbons (Fsp3) is 0.667. The van der Waals surface area contributed by atoms with Crippen LogP contribution in [0.4, 0.5) is 0 Å². The molecule has 1 aromatic heterocycles. The lowest BCUT2D eigenvalue weighted by molar-refractivity contribution is 0.309. The van der Waals surface area contributed by atoms with Crippen LogP contribution in [0, 0.1) is 0 Å². The number of fused-ring (bicyclic) bond motifs is 1. The maximum absolute atomic E-state index is 4.57. The van der Waals surface area contributed by atoms with Crippen molar-refractivity contribution in [1.82, 2.24) is 15.2 Å². The predicted molar refractivity (Wildman–Crippen MR) is 73.6 cm³/mol. The molecule has 1 atom stereocenters. The van der Waals surface area contributed by atoms with Crippen molar-refractivity contribution in [1.29, 1.82) is 0 Å². The molecule has 0 radical (unpaired) electrons. The SMILES string of the molecule is CN(CCNC1CCCc2cccnc21)C1CC1. The number of hydrogen-bond donors (Lipinski definition) is 1. The topological polar surface area (TPSA) is 28.2 Å². The van der Waals surface area contributed by atoms with E-state index < -0.39 is 0 Å². The van der Waals surface area contributed by atoms with Crippen LogP contribution in [0.3, 0.4) is 0 Å². The van der Waals surface area contributed by atoms with Crippen molar-refractivity contribution in [2.45, 2.75) is 44.2 Å². The van der Waals surface area contributed by atoms with E-state index in [-0.39, 0.29) is 0 Å². The van der Waals surface area contributed by atoms with Crippen molar-refractivity contribution in [2.75, 3.05) is 20.1 Å². The van der Waals surface area contributed by atoms with E-state index in [1.165, 1.54) is 43.4 Å². The van der Waals surface area contributed by atoms with Gasteiger partial charge in [-0.2, -0.15) is 0 Å². The fourth-order valence-corrected chi connectivity index (χ4v) is 2.92. The van der Waals surface area contributed by atoms with E-state index in [9.17, 15) is 0 Å². The van der Waals surface area contributed by atoms with Gasteiger partial charge in [-0.05, 0) is 50.8 Å². The van der Waals surface area contributed by atoms with Crippen molar-refractivity contribution < 1.29 is 0 Å². The van der Waals surface area contributed by atoms with Gasteiger partial charge in [0.25, 0.3) is 0 Å². The summed E-state index contributed by atoms with van der Waals surface area (Å²) in [6.45, 7) is 2.23. The van der Waals surface area contributed by atoms with Crippen LogP contribution < -0.4 is 5.32 Å². The standard InChI is InChI=1S/C15H23N3/c1-18(13-7-8-13)11-10-16-14-6-2-4-12-5-3-9-17-15(12)14/h3,5,9,13-14,16H,2,4,6-8,10-11H2,1H3. The summed E-state index contributed by atoms with van der Waals surface area (Å²) in [5.74, 6) is 0. The molecule has 3 heteroatoms. The van der Waals surface area contributed by atoms with Crippen LogP contribution in [0.2, 0.25) is 0 Å². The highest BCUT2D eigenvalue weighted by Gasteiger charge is 2.26. The molecule has 1 fully saturated rings. The first-order valence-corrected chi connectivity index (χ1v) is 7.22. The molecule has 0 aromatic carbocycles. The minimum atomic E-state index is 0.475. The van der Waals surface area contributed by atoms with E-state index in [4.69, 9.17) is 0 Å². The van der Waals surface area contributed by atoms with Crippen LogP contribution in [-0.2, 0) is 6.42 Å². The van der Waals surface area contributed by atoms with Gasteiger partial charge in [-0.3, -0.25) is 4.98 Å². The highest BCUT2D eigenvalue weighted by molar-refractivity contribution is 5.25. The third kappa shape index (κ3) is 2.73. The molecule has 1 N–H and O–H groups in total. The van der Waals surface area contributed by atoms with Crippen molar-refractivity contribution in [3.05, 3.63) is 29.6 Å². The Labute approximate surface area is 110 Å². The molecule has 1 unspecified atom stereocenters. The monoisotopic (exact) mass is 245 g/mol. The smallest absolute Gasteiger partial charge is 0.0605 e.